The summed E-state index contributed by atoms with van der Waals surface area (Å²) >= 11 is 0. The topological polar surface area (TPSA) is 77.8 Å². The van der Waals surface area contributed by atoms with Crippen LogP contribution in [0.5, 0.6) is 0 Å². The van der Waals surface area contributed by atoms with Gasteiger partial charge in [0.2, 0.25) is 11.7 Å². The number of benzene rings is 1. The van der Waals surface area contributed by atoms with E-state index in [1.165, 1.54) is 0 Å². The predicted molar refractivity (Wildman–Crippen MR) is 77.0 cm³/mol. The van der Waals surface area contributed by atoms with Crippen LogP contribution in [0.15, 0.2) is 41.1 Å². The number of nitrogens with zero attached hydrogens (tertiary/aromatic N) is 3. The maximum absolute atomic E-state index is 5.61. The van der Waals surface area contributed by atoms with Crippen molar-refractivity contribution >= 4 is 10.8 Å². The average Bonchev–Trinajstić information content (AvgIpc) is 2.94. The van der Waals surface area contributed by atoms with Crippen molar-refractivity contribution in [2.75, 3.05) is 6.54 Å². The Hall–Kier alpha value is -2.27. The van der Waals surface area contributed by atoms with E-state index in [4.69, 9.17) is 10.3 Å². The van der Waals surface area contributed by atoms with E-state index in [1.807, 2.05) is 30.3 Å². The molecule has 0 fully saturated rings. The van der Waals surface area contributed by atoms with Crippen molar-refractivity contribution in [1.29, 1.82) is 0 Å². The van der Waals surface area contributed by atoms with Gasteiger partial charge in [0.15, 0.2) is 0 Å². The summed E-state index contributed by atoms with van der Waals surface area (Å²) in [7, 11) is 0. The summed E-state index contributed by atoms with van der Waals surface area (Å²) in [4.78, 5) is 8.80. The zero-order chi connectivity index (χ0) is 13.9. The molecular weight excluding hydrogens is 252 g/mol. The Morgan fingerprint density at radius 3 is 2.95 bits per heavy atom. The van der Waals surface area contributed by atoms with Gasteiger partial charge in [0.1, 0.15) is 5.69 Å². The molecule has 0 amide bonds. The van der Waals surface area contributed by atoms with E-state index >= 15 is 0 Å². The molecule has 5 nitrogen and oxygen atoms in total. The van der Waals surface area contributed by atoms with E-state index in [-0.39, 0.29) is 0 Å². The highest BCUT2D eigenvalue weighted by Gasteiger charge is 2.14. The van der Waals surface area contributed by atoms with Crippen LogP contribution < -0.4 is 5.73 Å². The van der Waals surface area contributed by atoms with Gasteiger partial charge in [-0.3, -0.25) is 4.98 Å². The third-order valence-electron chi connectivity index (χ3n) is 3.28. The molecule has 0 spiro atoms. The first kappa shape index (κ1) is 12.7. The maximum Gasteiger partial charge on any atom is 0.227 e. The minimum Gasteiger partial charge on any atom is -0.339 e. The van der Waals surface area contributed by atoms with Crippen LogP contribution in [0.1, 0.15) is 12.8 Å². The van der Waals surface area contributed by atoms with Gasteiger partial charge in [-0.2, -0.15) is 4.98 Å². The van der Waals surface area contributed by atoms with Crippen LogP contribution >= 0.6 is 0 Å². The van der Waals surface area contributed by atoms with Crippen LogP contribution in [-0.2, 0) is 6.42 Å². The van der Waals surface area contributed by atoms with E-state index in [9.17, 15) is 0 Å². The first-order valence-electron chi connectivity index (χ1n) is 6.64. The number of nitrogens with two attached hydrogens (primary N) is 1. The molecule has 0 bridgehead atoms. The SMILES string of the molecule is CC(CN)Cc1nc(-c2nccc3ccccc23)no1. The van der Waals surface area contributed by atoms with Crippen LogP contribution in [0.4, 0.5) is 0 Å². The molecule has 2 N–H and O–H groups in total. The van der Waals surface area contributed by atoms with Crippen LogP contribution in [0, 0.1) is 5.92 Å². The highest BCUT2D eigenvalue weighted by atomic mass is 16.5. The fourth-order valence-corrected chi connectivity index (χ4v) is 2.11. The smallest absolute Gasteiger partial charge is 0.227 e. The third-order valence-corrected chi connectivity index (χ3v) is 3.28. The normalized spacial score (nSPS) is 12.7. The van der Waals surface area contributed by atoms with E-state index < -0.39 is 0 Å². The van der Waals surface area contributed by atoms with Crippen molar-refractivity contribution in [2.24, 2.45) is 11.7 Å². The maximum atomic E-state index is 5.61. The lowest BCUT2D eigenvalue weighted by Crippen LogP contribution is -2.13. The molecule has 5 heteroatoms. The second-order valence-electron chi connectivity index (χ2n) is 4.94. The number of pyridine rings is 1. The molecule has 0 saturated heterocycles. The van der Waals surface area contributed by atoms with Gasteiger partial charge in [-0.1, -0.05) is 36.3 Å². The Labute approximate surface area is 116 Å². The van der Waals surface area contributed by atoms with Crippen LogP contribution in [0.25, 0.3) is 22.3 Å². The van der Waals surface area contributed by atoms with Gasteiger partial charge in [-0.05, 0) is 23.9 Å². The van der Waals surface area contributed by atoms with Gasteiger partial charge in [0.05, 0.1) is 0 Å². The minimum atomic E-state index is 0.323. The molecule has 1 atom stereocenters. The molecule has 0 radical (unpaired) electrons. The lowest BCUT2D eigenvalue weighted by molar-refractivity contribution is 0.359. The highest BCUT2D eigenvalue weighted by molar-refractivity contribution is 5.92. The Bertz CT molecular complexity index is 717. The fourth-order valence-electron chi connectivity index (χ4n) is 2.11. The molecule has 0 saturated carbocycles. The van der Waals surface area contributed by atoms with Crippen molar-refractivity contribution in [3.05, 3.63) is 42.4 Å². The molecule has 0 aliphatic heterocycles. The first-order chi connectivity index (χ1) is 9.78. The van der Waals surface area contributed by atoms with Gasteiger partial charge in [0, 0.05) is 18.0 Å². The van der Waals surface area contributed by atoms with Gasteiger partial charge in [-0.15, -0.1) is 0 Å². The molecule has 2 heterocycles. The second-order valence-corrected chi connectivity index (χ2v) is 4.94. The van der Waals surface area contributed by atoms with Gasteiger partial charge >= 0.3 is 0 Å². The van der Waals surface area contributed by atoms with E-state index in [2.05, 4.69) is 22.0 Å². The first-order valence-corrected chi connectivity index (χ1v) is 6.64. The molecule has 102 valence electrons. The molecule has 2 aromatic heterocycles. The quantitative estimate of drug-likeness (QED) is 0.786. The largest absolute Gasteiger partial charge is 0.339 e. The predicted octanol–water partition coefficient (Wildman–Crippen LogP) is 2.42. The summed E-state index contributed by atoms with van der Waals surface area (Å²) < 4.78 is 5.28. The summed E-state index contributed by atoms with van der Waals surface area (Å²) in [5.74, 6) is 1.46. The number of hydrogen-bond donors (Lipinski definition) is 1. The van der Waals surface area contributed by atoms with Crippen molar-refractivity contribution in [3.63, 3.8) is 0 Å². The summed E-state index contributed by atoms with van der Waals surface area (Å²) in [6.45, 7) is 2.66. The number of aromatic nitrogens is 3. The van der Waals surface area contributed by atoms with Crippen molar-refractivity contribution in [1.82, 2.24) is 15.1 Å². The van der Waals surface area contributed by atoms with Crippen molar-refractivity contribution in [2.45, 2.75) is 13.3 Å². The summed E-state index contributed by atoms with van der Waals surface area (Å²) in [6.07, 6.45) is 2.45. The Morgan fingerprint density at radius 1 is 1.25 bits per heavy atom. The molecule has 3 rings (SSSR count). The van der Waals surface area contributed by atoms with Gasteiger partial charge < -0.3 is 10.3 Å². The lowest BCUT2D eigenvalue weighted by atomic mass is 10.1. The Kier molecular flexibility index (Phi) is 3.43. The van der Waals surface area contributed by atoms with Crippen LogP contribution in [0.2, 0.25) is 0 Å². The lowest BCUT2D eigenvalue weighted by Gasteiger charge is -2.02. The Balaban J connectivity index is 1.99. The summed E-state index contributed by atoms with van der Waals surface area (Å²) in [5, 5.41) is 6.17. The van der Waals surface area contributed by atoms with Crippen molar-refractivity contribution in [3.8, 4) is 11.5 Å². The number of hydrogen-bond acceptors (Lipinski definition) is 5. The van der Waals surface area contributed by atoms with Crippen LogP contribution in [0.3, 0.4) is 0 Å². The fraction of sp³-hybridized carbons (Fsp3) is 0.267. The molecule has 1 aromatic carbocycles. The van der Waals surface area contributed by atoms with E-state index in [0.717, 1.165) is 16.5 Å². The zero-order valence-corrected chi connectivity index (χ0v) is 11.3. The molecule has 0 aliphatic rings. The van der Waals surface area contributed by atoms with Gasteiger partial charge in [-0.25, -0.2) is 0 Å². The Morgan fingerprint density at radius 2 is 2.10 bits per heavy atom. The summed E-state index contributed by atoms with van der Waals surface area (Å²) in [5.41, 5.74) is 6.36. The average molecular weight is 268 g/mol. The highest BCUT2D eigenvalue weighted by Crippen LogP contribution is 2.24. The molecule has 3 aromatic rings. The van der Waals surface area contributed by atoms with Crippen molar-refractivity contribution < 1.29 is 4.52 Å². The standard InChI is InChI=1S/C15H16N4O/c1-10(9-16)8-13-18-15(19-20-13)14-12-5-3-2-4-11(12)6-7-17-14/h2-7,10H,8-9,16H2,1H3. The monoisotopic (exact) mass is 268 g/mol. The molecule has 1 unspecified atom stereocenters. The molecular formula is C15H16N4O. The van der Waals surface area contributed by atoms with E-state index in [0.29, 0.717) is 30.6 Å². The molecule has 20 heavy (non-hydrogen) atoms. The van der Waals surface area contributed by atoms with Gasteiger partial charge in [0.25, 0.3) is 0 Å². The second kappa shape index (κ2) is 5.38. The zero-order valence-electron chi connectivity index (χ0n) is 11.3. The third kappa shape index (κ3) is 2.40. The minimum absolute atomic E-state index is 0.323. The number of rotatable bonds is 4. The van der Waals surface area contributed by atoms with Crippen LogP contribution in [-0.4, -0.2) is 21.7 Å². The summed E-state index contributed by atoms with van der Waals surface area (Å²) in [6, 6.07) is 9.99. The molecule has 0 aliphatic carbocycles. The number of fused-ring (bicyclic) bond motifs is 1. The van der Waals surface area contributed by atoms with E-state index in [1.54, 1.807) is 6.20 Å².